The summed E-state index contributed by atoms with van der Waals surface area (Å²) in [4.78, 5) is 20.8. The fourth-order valence-corrected chi connectivity index (χ4v) is 6.82. The van der Waals surface area contributed by atoms with E-state index in [0.29, 0.717) is 17.9 Å². The highest BCUT2D eigenvalue weighted by Gasteiger charge is 2.51. The number of nitrogens with zero attached hydrogens (tertiary/aromatic N) is 3. The van der Waals surface area contributed by atoms with Crippen molar-refractivity contribution in [3.05, 3.63) is 71.2 Å². The van der Waals surface area contributed by atoms with Crippen LogP contribution in [0.5, 0.6) is 0 Å². The smallest absolute Gasteiger partial charge is 0.223 e. The summed E-state index contributed by atoms with van der Waals surface area (Å²) in [6.07, 6.45) is 7.99. The van der Waals surface area contributed by atoms with E-state index in [2.05, 4.69) is 86.5 Å². The standard InChI is InChI=1S/C28H35N3O/c1-19-9-6-7-11-22(19)23(24-16-29-26-20(2)10-8-12-30(24)26)13-25(32)31-18-28(5)15-21(31)14-27(3,4)17-28/h6-12,16,21,23H,13-15,17-18H2,1-5H3. The van der Waals surface area contributed by atoms with Crippen LogP contribution in [0.25, 0.3) is 5.65 Å². The average Bonchev–Trinajstić information content (AvgIpc) is 3.25. The minimum atomic E-state index is -0.0123. The first-order chi connectivity index (χ1) is 15.2. The number of carbonyl (C=O) groups is 1. The maximum Gasteiger partial charge on any atom is 0.223 e. The number of fused-ring (bicyclic) bond motifs is 3. The van der Waals surface area contributed by atoms with E-state index < -0.39 is 0 Å². The van der Waals surface area contributed by atoms with E-state index in [0.717, 1.165) is 36.3 Å². The van der Waals surface area contributed by atoms with Gasteiger partial charge in [0.05, 0.1) is 5.69 Å². The van der Waals surface area contributed by atoms with Gasteiger partial charge in [-0.15, -0.1) is 0 Å². The average molecular weight is 430 g/mol. The van der Waals surface area contributed by atoms with Crippen molar-refractivity contribution in [3.63, 3.8) is 0 Å². The summed E-state index contributed by atoms with van der Waals surface area (Å²) >= 11 is 0. The van der Waals surface area contributed by atoms with Gasteiger partial charge in [0.1, 0.15) is 5.65 Å². The molecular weight excluding hydrogens is 394 g/mol. The number of carbonyl (C=O) groups excluding carboxylic acids is 1. The number of aryl methyl sites for hydroxylation is 2. The number of pyridine rings is 1. The SMILES string of the molecule is Cc1ccccc1C(CC(=O)N1CC2(C)CC1CC(C)(C)C2)c1cnc2c(C)cccn12. The van der Waals surface area contributed by atoms with Crippen LogP contribution < -0.4 is 0 Å². The van der Waals surface area contributed by atoms with Crippen molar-refractivity contribution in [2.75, 3.05) is 6.54 Å². The van der Waals surface area contributed by atoms with Crippen LogP contribution in [0.2, 0.25) is 0 Å². The molecule has 1 amide bonds. The second kappa shape index (κ2) is 7.47. The minimum Gasteiger partial charge on any atom is -0.339 e. The van der Waals surface area contributed by atoms with Crippen LogP contribution in [0.4, 0.5) is 0 Å². The molecule has 1 aromatic carbocycles. The second-order valence-corrected chi connectivity index (χ2v) is 11.4. The number of benzene rings is 1. The van der Waals surface area contributed by atoms with Crippen molar-refractivity contribution in [2.45, 2.75) is 72.3 Å². The van der Waals surface area contributed by atoms with Gasteiger partial charge in [-0.25, -0.2) is 4.98 Å². The Bertz CT molecular complexity index is 1180. The van der Waals surface area contributed by atoms with Crippen molar-refractivity contribution >= 4 is 11.6 Å². The molecule has 0 N–H and O–H groups in total. The summed E-state index contributed by atoms with van der Waals surface area (Å²) in [6.45, 7) is 12.2. The van der Waals surface area contributed by atoms with E-state index in [1.165, 1.54) is 17.5 Å². The second-order valence-electron chi connectivity index (χ2n) is 11.4. The van der Waals surface area contributed by atoms with Gasteiger partial charge in [0.25, 0.3) is 0 Å². The van der Waals surface area contributed by atoms with Gasteiger partial charge in [-0.2, -0.15) is 0 Å². The molecule has 168 valence electrons. The zero-order valence-electron chi connectivity index (χ0n) is 20.1. The first kappa shape index (κ1) is 21.2. The molecule has 2 bridgehead atoms. The molecule has 5 rings (SSSR count). The van der Waals surface area contributed by atoms with E-state index >= 15 is 0 Å². The van der Waals surface area contributed by atoms with Gasteiger partial charge in [0, 0.05) is 37.3 Å². The Morgan fingerprint density at radius 2 is 1.84 bits per heavy atom. The van der Waals surface area contributed by atoms with Crippen molar-refractivity contribution in [3.8, 4) is 0 Å². The van der Waals surface area contributed by atoms with Gasteiger partial charge in [-0.3, -0.25) is 4.79 Å². The third kappa shape index (κ3) is 3.64. The molecule has 1 saturated carbocycles. The minimum absolute atomic E-state index is 0.0123. The van der Waals surface area contributed by atoms with Crippen molar-refractivity contribution in [1.82, 2.24) is 14.3 Å². The lowest BCUT2D eigenvalue weighted by molar-refractivity contribution is -0.132. The molecular formula is C28H35N3O. The molecule has 32 heavy (non-hydrogen) atoms. The van der Waals surface area contributed by atoms with Crippen LogP contribution in [0.1, 0.15) is 74.8 Å². The third-order valence-corrected chi connectivity index (χ3v) is 7.79. The summed E-state index contributed by atoms with van der Waals surface area (Å²) in [7, 11) is 0. The third-order valence-electron chi connectivity index (χ3n) is 7.79. The van der Waals surface area contributed by atoms with Crippen LogP contribution in [-0.2, 0) is 4.79 Å². The normalized spacial score (nSPS) is 25.3. The zero-order chi connectivity index (χ0) is 22.7. The van der Waals surface area contributed by atoms with Crippen LogP contribution >= 0.6 is 0 Å². The monoisotopic (exact) mass is 429 g/mol. The lowest BCUT2D eigenvalue weighted by Gasteiger charge is -2.39. The van der Waals surface area contributed by atoms with E-state index in [1.54, 1.807) is 0 Å². The Labute approximate surface area is 191 Å². The summed E-state index contributed by atoms with van der Waals surface area (Å²) < 4.78 is 2.17. The highest BCUT2D eigenvalue weighted by molar-refractivity contribution is 5.79. The van der Waals surface area contributed by atoms with E-state index in [1.807, 2.05) is 6.20 Å². The van der Waals surface area contributed by atoms with Crippen molar-refractivity contribution in [2.24, 2.45) is 10.8 Å². The molecule has 0 spiro atoms. The topological polar surface area (TPSA) is 37.6 Å². The number of likely N-dealkylation sites (tertiary alicyclic amines) is 1. The van der Waals surface area contributed by atoms with E-state index in [9.17, 15) is 4.79 Å². The van der Waals surface area contributed by atoms with Gasteiger partial charge in [0.15, 0.2) is 0 Å². The van der Waals surface area contributed by atoms with Gasteiger partial charge in [0.2, 0.25) is 5.91 Å². The molecule has 2 fully saturated rings. The lowest BCUT2D eigenvalue weighted by Crippen LogP contribution is -2.38. The first-order valence-corrected chi connectivity index (χ1v) is 11.9. The molecule has 1 saturated heterocycles. The summed E-state index contributed by atoms with van der Waals surface area (Å²) in [5.41, 5.74) is 6.22. The molecule has 4 heteroatoms. The predicted molar refractivity (Wildman–Crippen MR) is 129 cm³/mol. The molecule has 4 nitrogen and oxygen atoms in total. The number of aromatic nitrogens is 2. The fourth-order valence-electron chi connectivity index (χ4n) is 6.82. The lowest BCUT2D eigenvalue weighted by atomic mass is 9.65. The maximum absolute atomic E-state index is 13.8. The number of rotatable bonds is 4. The Balaban J connectivity index is 1.52. The van der Waals surface area contributed by atoms with E-state index in [4.69, 9.17) is 4.98 Å². The summed E-state index contributed by atoms with van der Waals surface area (Å²) in [5.74, 6) is 0.272. The summed E-state index contributed by atoms with van der Waals surface area (Å²) in [5, 5.41) is 0. The van der Waals surface area contributed by atoms with Crippen molar-refractivity contribution in [1.29, 1.82) is 0 Å². The molecule has 1 aliphatic heterocycles. The number of imidazole rings is 1. The zero-order valence-corrected chi connectivity index (χ0v) is 20.1. The fraction of sp³-hybridized carbons (Fsp3) is 0.500. The Morgan fingerprint density at radius 1 is 1.09 bits per heavy atom. The maximum atomic E-state index is 13.8. The molecule has 3 unspecified atom stereocenters. The van der Waals surface area contributed by atoms with Crippen LogP contribution in [0.15, 0.2) is 48.8 Å². The van der Waals surface area contributed by atoms with Crippen LogP contribution in [-0.4, -0.2) is 32.8 Å². The van der Waals surface area contributed by atoms with Crippen molar-refractivity contribution < 1.29 is 4.79 Å². The molecule has 3 aromatic rings. The molecule has 0 radical (unpaired) electrons. The first-order valence-electron chi connectivity index (χ1n) is 11.9. The number of amides is 1. The quantitative estimate of drug-likeness (QED) is 0.518. The molecule has 1 aliphatic carbocycles. The summed E-state index contributed by atoms with van der Waals surface area (Å²) in [6, 6.07) is 13.0. The highest BCUT2D eigenvalue weighted by Crippen LogP contribution is 2.52. The number of hydrogen-bond acceptors (Lipinski definition) is 2. The molecule has 3 atom stereocenters. The highest BCUT2D eigenvalue weighted by atomic mass is 16.2. The Kier molecular flexibility index (Phi) is 4.96. The Hall–Kier alpha value is -2.62. The molecule has 3 heterocycles. The molecule has 2 aliphatic rings. The van der Waals surface area contributed by atoms with Crippen LogP contribution in [0, 0.1) is 24.7 Å². The van der Waals surface area contributed by atoms with Gasteiger partial charge >= 0.3 is 0 Å². The van der Waals surface area contributed by atoms with Gasteiger partial charge < -0.3 is 9.30 Å². The van der Waals surface area contributed by atoms with E-state index in [-0.39, 0.29) is 17.2 Å². The largest absolute Gasteiger partial charge is 0.339 e. The van der Waals surface area contributed by atoms with Gasteiger partial charge in [-0.05, 0) is 66.7 Å². The molecule has 2 aromatic heterocycles. The van der Waals surface area contributed by atoms with Gasteiger partial charge in [-0.1, -0.05) is 51.1 Å². The van der Waals surface area contributed by atoms with Crippen LogP contribution in [0.3, 0.4) is 0 Å². The Morgan fingerprint density at radius 3 is 2.62 bits per heavy atom. The number of hydrogen-bond donors (Lipinski definition) is 0. The predicted octanol–water partition coefficient (Wildman–Crippen LogP) is 5.90.